The second-order valence-corrected chi connectivity index (χ2v) is 10.1. The maximum absolute atomic E-state index is 5.99. The lowest BCUT2D eigenvalue weighted by Crippen LogP contribution is -2.33. The standard InChI is InChI=1S/C34H38N2O2/c1-3-9-31(10-4-1)27-37-33-17-13-29(14-18-33)25-36(24-23-35-21-7-8-22-35)26-30-15-19-34(20-16-30)38-28-32-11-5-2-6-12-32/h1-6,9-20H,7-8,21-28H2. The van der Waals surface area contributed by atoms with Gasteiger partial charge in [0.25, 0.3) is 0 Å². The van der Waals surface area contributed by atoms with Crippen LogP contribution in [0.2, 0.25) is 0 Å². The van der Waals surface area contributed by atoms with Crippen molar-refractivity contribution in [3.05, 3.63) is 131 Å². The zero-order chi connectivity index (χ0) is 25.8. The molecule has 0 saturated carbocycles. The van der Waals surface area contributed by atoms with Crippen molar-refractivity contribution in [1.29, 1.82) is 0 Å². The molecule has 196 valence electrons. The lowest BCUT2D eigenvalue weighted by atomic mass is 10.1. The molecule has 0 spiro atoms. The third kappa shape index (κ3) is 8.20. The summed E-state index contributed by atoms with van der Waals surface area (Å²) >= 11 is 0. The molecule has 0 radical (unpaired) electrons. The summed E-state index contributed by atoms with van der Waals surface area (Å²) in [6, 6.07) is 37.8. The Morgan fingerprint density at radius 1 is 0.526 bits per heavy atom. The van der Waals surface area contributed by atoms with E-state index in [2.05, 4.69) is 82.6 Å². The fourth-order valence-corrected chi connectivity index (χ4v) is 4.88. The fraction of sp³-hybridized carbons (Fsp3) is 0.294. The van der Waals surface area contributed by atoms with Gasteiger partial charge >= 0.3 is 0 Å². The van der Waals surface area contributed by atoms with Crippen molar-refractivity contribution in [2.75, 3.05) is 26.2 Å². The van der Waals surface area contributed by atoms with Crippen molar-refractivity contribution < 1.29 is 9.47 Å². The summed E-state index contributed by atoms with van der Waals surface area (Å²) in [6.45, 7) is 7.65. The van der Waals surface area contributed by atoms with E-state index < -0.39 is 0 Å². The number of hydrogen-bond acceptors (Lipinski definition) is 4. The van der Waals surface area contributed by atoms with E-state index in [1.165, 1.54) is 48.2 Å². The number of ether oxygens (including phenoxy) is 2. The summed E-state index contributed by atoms with van der Waals surface area (Å²) < 4.78 is 12.0. The molecule has 0 atom stereocenters. The molecule has 4 aromatic rings. The van der Waals surface area contributed by atoms with Crippen LogP contribution in [0.15, 0.2) is 109 Å². The molecule has 1 heterocycles. The summed E-state index contributed by atoms with van der Waals surface area (Å²) in [5.74, 6) is 1.82. The Kier molecular flexibility index (Phi) is 9.45. The number of hydrogen-bond donors (Lipinski definition) is 0. The highest BCUT2D eigenvalue weighted by Gasteiger charge is 2.14. The Balaban J connectivity index is 1.17. The van der Waals surface area contributed by atoms with Crippen molar-refractivity contribution in [2.24, 2.45) is 0 Å². The Morgan fingerprint density at radius 3 is 1.42 bits per heavy atom. The molecule has 4 heteroatoms. The van der Waals surface area contributed by atoms with E-state index in [0.717, 1.165) is 37.7 Å². The van der Waals surface area contributed by atoms with E-state index in [1.54, 1.807) is 0 Å². The third-order valence-electron chi connectivity index (χ3n) is 7.09. The molecule has 1 saturated heterocycles. The van der Waals surface area contributed by atoms with Gasteiger partial charge in [-0.15, -0.1) is 0 Å². The summed E-state index contributed by atoms with van der Waals surface area (Å²) in [6.07, 6.45) is 2.66. The van der Waals surface area contributed by atoms with Gasteiger partial charge in [-0.1, -0.05) is 84.9 Å². The normalized spacial score (nSPS) is 13.6. The molecular formula is C34H38N2O2. The Bertz CT molecular complexity index is 1120. The lowest BCUT2D eigenvalue weighted by Gasteiger charge is -2.25. The number of likely N-dealkylation sites (tertiary alicyclic amines) is 1. The van der Waals surface area contributed by atoms with Gasteiger partial charge in [0, 0.05) is 26.2 Å². The molecule has 0 bridgehead atoms. The summed E-state index contributed by atoms with van der Waals surface area (Å²) in [5.41, 5.74) is 4.98. The summed E-state index contributed by atoms with van der Waals surface area (Å²) in [7, 11) is 0. The van der Waals surface area contributed by atoms with E-state index >= 15 is 0 Å². The van der Waals surface area contributed by atoms with Gasteiger partial charge < -0.3 is 14.4 Å². The van der Waals surface area contributed by atoms with Crippen LogP contribution in [-0.2, 0) is 26.3 Å². The van der Waals surface area contributed by atoms with Gasteiger partial charge in [0.2, 0.25) is 0 Å². The van der Waals surface area contributed by atoms with E-state index in [1.807, 2.05) is 36.4 Å². The van der Waals surface area contributed by atoms with Crippen LogP contribution < -0.4 is 9.47 Å². The number of benzene rings is 4. The Morgan fingerprint density at radius 2 is 0.974 bits per heavy atom. The van der Waals surface area contributed by atoms with Crippen LogP contribution in [-0.4, -0.2) is 36.0 Å². The molecule has 1 fully saturated rings. The average Bonchev–Trinajstić information content (AvgIpc) is 3.50. The summed E-state index contributed by atoms with van der Waals surface area (Å²) in [5, 5.41) is 0. The molecule has 5 rings (SSSR count). The van der Waals surface area contributed by atoms with Crippen LogP contribution >= 0.6 is 0 Å². The molecule has 4 nitrogen and oxygen atoms in total. The molecule has 0 unspecified atom stereocenters. The highest BCUT2D eigenvalue weighted by atomic mass is 16.5. The zero-order valence-corrected chi connectivity index (χ0v) is 22.2. The average molecular weight is 507 g/mol. The van der Waals surface area contributed by atoms with Gasteiger partial charge in [0.05, 0.1) is 0 Å². The number of nitrogens with zero attached hydrogens (tertiary/aromatic N) is 2. The van der Waals surface area contributed by atoms with Crippen molar-refractivity contribution in [1.82, 2.24) is 9.80 Å². The van der Waals surface area contributed by atoms with Gasteiger partial charge in [-0.2, -0.15) is 0 Å². The SMILES string of the molecule is c1ccc(COc2ccc(CN(CCN3CCCC3)Cc3ccc(OCc4ccccc4)cc3)cc2)cc1. The van der Waals surface area contributed by atoms with Gasteiger partial charge in [-0.05, 0) is 72.5 Å². The quantitative estimate of drug-likeness (QED) is 0.196. The first-order valence-corrected chi connectivity index (χ1v) is 13.8. The van der Waals surface area contributed by atoms with Crippen LogP contribution in [0.25, 0.3) is 0 Å². The van der Waals surface area contributed by atoms with Gasteiger partial charge in [-0.25, -0.2) is 0 Å². The Hall–Kier alpha value is -3.60. The second-order valence-electron chi connectivity index (χ2n) is 10.1. The second kappa shape index (κ2) is 13.8. The van der Waals surface area contributed by atoms with Crippen LogP contribution in [0.3, 0.4) is 0 Å². The first-order chi connectivity index (χ1) is 18.8. The van der Waals surface area contributed by atoms with Crippen LogP contribution in [0.1, 0.15) is 35.1 Å². The highest BCUT2D eigenvalue weighted by Crippen LogP contribution is 2.19. The van der Waals surface area contributed by atoms with Crippen LogP contribution in [0.4, 0.5) is 0 Å². The maximum atomic E-state index is 5.99. The largest absolute Gasteiger partial charge is 0.489 e. The first kappa shape index (κ1) is 26.0. The molecule has 1 aliphatic rings. The molecule has 0 amide bonds. The minimum atomic E-state index is 0.590. The van der Waals surface area contributed by atoms with E-state index in [0.29, 0.717) is 13.2 Å². The predicted octanol–water partition coefficient (Wildman–Crippen LogP) is 6.94. The van der Waals surface area contributed by atoms with Gasteiger partial charge in [-0.3, -0.25) is 4.90 Å². The number of rotatable bonds is 13. The van der Waals surface area contributed by atoms with Crippen molar-refractivity contribution >= 4 is 0 Å². The minimum Gasteiger partial charge on any atom is -0.489 e. The molecule has 0 aliphatic carbocycles. The van der Waals surface area contributed by atoms with Crippen molar-refractivity contribution in [2.45, 2.75) is 39.1 Å². The van der Waals surface area contributed by atoms with Crippen LogP contribution in [0, 0.1) is 0 Å². The van der Waals surface area contributed by atoms with Gasteiger partial charge in [0.15, 0.2) is 0 Å². The van der Waals surface area contributed by atoms with Crippen molar-refractivity contribution in [3.8, 4) is 11.5 Å². The summed E-state index contributed by atoms with van der Waals surface area (Å²) in [4.78, 5) is 5.14. The Labute approximate surface area is 227 Å². The topological polar surface area (TPSA) is 24.9 Å². The smallest absolute Gasteiger partial charge is 0.119 e. The highest BCUT2D eigenvalue weighted by molar-refractivity contribution is 5.29. The van der Waals surface area contributed by atoms with Crippen LogP contribution in [0.5, 0.6) is 11.5 Å². The monoisotopic (exact) mass is 506 g/mol. The van der Waals surface area contributed by atoms with Gasteiger partial charge in [0.1, 0.15) is 24.7 Å². The molecule has 4 aromatic carbocycles. The third-order valence-corrected chi connectivity index (χ3v) is 7.09. The maximum Gasteiger partial charge on any atom is 0.119 e. The molecular weight excluding hydrogens is 468 g/mol. The molecule has 38 heavy (non-hydrogen) atoms. The molecule has 0 N–H and O–H groups in total. The minimum absolute atomic E-state index is 0.590. The van der Waals surface area contributed by atoms with E-state index in [4.69, 9.17) is 9.47 Å². The molecule has 0 aromatic heterocycles. The zero-order valence-electron chi connectivity index (χ0n) is 22.2. The lowest BCUT2D eigenvalue weighted by molar-refractivity contribution is 0.211. The predicted molar refractivity (Wildman–Crippen MR) is 154 cm³/mol. The van der Waals surface area contributed by atoms with E-state index in [9.17, 15) is 0 Å². The van der Waals surface area contributed by atoms with E-state index in [-0.39, 0.29) is 0 Å². The fourth-order valence-electron chi connectivity index (χ4n) is 4.88. The van der Waals surface area contributed by atoms with Crippen molar-refractivity contribution in [3.63, 3.8) is 0 Å². The first-order valence-electron chi connectivity index (χ1n) is 13.8. The molecule has 1 aliphatic heterocycles.